The molecule has 11 heteroatoms. The maximum Gasteiger partial charge on any atom is 0.296 e. The summed E-state index contributed by atoms with van der Waals surface area (Å²) in [5, 5.41) is 21.7. The number of ketones is 1. The van der Waals surface area contributed by atoms with Crippen molar-refractivity contribution in [1.29, 1.82) is 0 Å². The fourth-order valence-corrected chi connectivity index (χ4v) is 5.46. The molecule has 3 aromatic carbocycles. The van der Waals surface area contributed by atoms with Gasteiger partial charge in [-0.15, -0.1) is 0 Å². The van der Waals surface area contributed by atoms with Gasteiger partial charge >= 0.3 is 0 Å². The number of hydrogen-bond acceptors (Lipinski definition) is 7. The zero-order chi connectivity index (χ0) is 26.0. The van der Waals surface area contributed by atoms with Crippen molar-refractivity contribution in [2.24, 2.45) is 0 Å². The van der Waals surface area contributed by atoms with Gasteiger partial charge in [0.1, 0.15) is 11.3 Å². The van der Waals surface area contributed by atoms with Gasteiger partial charge in [-0.3, -0.25) is 14.5 Å². The van der Waals surface area contributed by atoms with E-state index < -0.39 is 35.1 Å². The molecule has 1 unspecified atom stereocenters. The summed E-state index contributed by atoms with van der Waals surface area (Å²) in [6, 6.07) is 12.6. The van der Waals surface area contributed by atoms with E-state index in [2.05, 4.69) is 4.98 Å². The molecule has 0 bridgehead atoms. The van der Waals surface area contributed by atoms with Crippen LogP contribution in [0.5, 0.6) is 5.75 Å². The summed E-state index contributed by atoms with van der Waals surface area (Å²) >= 11 is 6.92. The van der Waals surface area contributed by atoms with Gasteiger partial charge in [0, 0.05) is 16.5 Å². The second kappa shape index (κ2) is 8.39. The minimum atomic E-state index is -1.17. The topological polar surface area (TPSA) is 104 Å². The number of amides is 1. The SMILES string of the molecule is O=C(C1=C(O)C(=O)N(c2nc3cc(F)c(F)cc3s2)C1c1ccc(O)cc1)c1cc2cc(Cl)ccc2o1. The van der Waals surface area contributed by atoms with Crippen LogP contribution in [0.2, 0.25) is 5.02 Å². The van der Waals surface area contributed by atoms with Crippen molar-refractivity contribution in [1.82, 2.24) is 4.98 Å². The highest BCUT2D eigenvalue weighted by Crippen LogP contribution is 2.45. The Balaban J connectivity index is 1.51. The molecule has 1 aliphatic heterocycles. The molecule has 1 amide bonds. The summed E-state index contributed by atoms with van der Waals surface area (Å²) in [7, 11) is 0. The Labute approximate surface area is 215 Å². The number of aliphatic hydroxyl groups is 1. The van der Waals surface area contributed by atoms with Gasteiger partial charge in [-0.1, -0.05) is 35.1 Å². The number of aromatic hydroxyl groups is 1. The third kappa shape index (κ3) is 3.73. The first-order chi connectivity index (χ1) is 17.7. The number of aliphatic hydroxyl groups excluding tert-OH is 1. The van der Waals surface area contributed by atoms with Gasteiger partial charge < -0.3 is 14.6 Å². The van der Waals surface area contributed by atoms with Crippen LogP contribution in [0.4, 0.5) is 13.9 Å². The lowest BCUT2D eigenvalue weighted by Gasteiger charge is -2.24. The Morgan fingerprint density at radius 1 is 1.03 bits per heavy atom. The fourth-order valence-electron chi connectivity index (χ4n) is 4.28. The number of rotatable bonds is 4. The highest BCUT2D eigenvalue weighted by molar-refractivity contribution is 7.22. The van der Waals surface area contributed by atoms with E-state index in [4.69, 9.17) is 16.0 Å². The standard InChI is InChI=1S/C26H13ClF2N2O5S/c27-13-3-6-18-12(7-13)8-19(36-18)23(33)21-22(11-1-4-14(32)5-2-11)31(25(35)24(21)34)26-30-17-9-15(28)16(29)10-20(17)37-26/h1-10,22,32,34H. The quantitative estimate of drug-likeness (QED) is 0.254. The Bertz CT molecular complexity index is 1760. The monoisotopic (exact) mass is 538 g/mol. The number of Topliss-reactive ketones (excluding diaryl/α,β-unsaturated/α-hetero) is 1. The lowest BCUT2D eigenvalue weighted by molar-refractivity contribution is -0.117. The van der Waals surface area contributed by atoms with Crippen molar-refractivity contribution in [3.8, 4) is 5.75 Å². The number of anilines is 1. The lowest BCUT2D eigenvalue weighted by Crippen LogP contribution is -2.30. The highest BCUT2D eigenvalue weighted by Gasteiger charge is 2.46. The molecule has 1 atom stereocenters. The molecule has 7 nitrogen and oxygen atoms in total. The van der Waals surface area contributed by atoms with E-state index in [1.54, 1.807) is 18.2 Å². The van der Waals surface area contributed by atoms with Crippen LogP contribution in [0.25, 0.3) is 21.2 Å². The number of fused-ring (bicyclic) bond motifs is 2. The summed E-state index contributed by atoms with van der Waals surface area (Å²) in [5.74, 6) is -4.87. The first kappa shape index (κ1) is 23.1. The number of carbonyl (C=O) groups is 2. The third-order valence-corrected chi connectivity index (χ3v) is 7.24. The number of halogens is 3. The highest BCUT2D eigenvalue weighted by atomic mass is 35.5. The van der Waals surface area contributed by atoms with E-state index in [1.807, 2.05) is 0 Å². The number of aromatic nitrogens is 1. The van der Waals surface area contributed by atoms with Crippen LogP contribution in [-0.4, -0.2) is 26.9 Å². The lowest BCUT2D eigenvalue weighted by atomic mass is 9.95. The van der Waals surface area contributed by atoms with Crippen LogP contribution < -0.4 is 4.90 Å². The molecule has 0 fully saturated rings. The molecule has 0 saturated heterocycles. The molecule has 0 spiro atoms. The van der Waals surface area contributed by atoms with Crippen molar-refractivity contribution in [3.05, 3.63) is 100.0 Å². The van der Waals surface area contributed by atoms with Gasteiger partial charge in [-0.2, -0.15) is 0 Å². The van der Waals surface area contributed by atoms with E-state index >= 15 is 0 Å². The van der Waals surface area contributed by atoms with Crippen molar-refractivity contribution < 1.29 is 33.0 Å². The van der Waals surface area contributed by atoms with E-state index in [9.17, 15) is 28.6 Å². The smallest absolute Gasteiger partial charge is 0.296 e. The number of thiazole rings is 1. The van der Waals surface area contributed by atoms with Crippen LogP contribution in [0.1, 0.15) is 22.2 Å². The average Bonchev–Trinajstić information content (AvgIpc) is 3.53. The Morgan fingerprint density at radius 3 is 2.51 bits per heavy atom. The van der Waals surface area contributed by atoms with Gasteiger partial charge in [0.25, 0.3) is 5.91 Å². The van der Waals surface area contributed by atoms with Crippen molar-refractivity contribution >= 4 is 60.9 Å². The zero-order valence-corrected chi connectivity index (χ0v) is 20.0. The van der Waals surface area contributed by atoms with Gasteiger partial charge in [-0.25, -0.2) is 13.8 Å². The maximum atomic E-state index is 13.8. The van der Waals surface area contributed by atoms with Crippen LogP contribution in [-0.2, 0) is 4.79 Å². The second-order valence-electron chi connectivity index (χ2n) is 8.28. The van der Waals surface area contributed by atoms with Gasteiger partial charge in [-0.05, 0) is 48.0 Å². The molecule has 0 aliphatic carbocycles. The minimum absolute atomic E-state index is 0.00816. The molecule has 6 rings (SSSR count). The molecule has 0 radical (unpaired) electrons. The zero-order valence-electron chi connectivity index (χ0n) is 18.4. The normalized spacial score (nSPS) is 15.9. The van der Waals surface area contributed by atoms with E-state index in [-0.39, 0.29) is 32.4 Å². The maximum absolute atomic E-state index is 13.8. The molecular weight excluding hydrogens is 526 g/mol. The van der Waals surface area contributed by atoms with E-state index in [0.29, 0.717) is 21.6 Å². The van der Waals surface area contributed by atoms with Crippen molar-refractivity contribution in [2.45, 2.75) is 6.04 Å². The molecule has 5 aromatic rings. The van der Waals surface area contributed by atoms with Crippen LogP contribution in [0.3, 0.4) is 0 Å². The number of phenols is 1. The average molecular weight is 539 g/mol. The summed E-state index contributed by atoms with van der Waals surface area (Å²) < 4.78 is 33.5. The number of hydrogen-bond donors (Lipinski definition) is 2. The fraction of sp³-hybridized carbons (Fsp3) is 0.0385. The molecule has 2 N–H and O–H groups in total. The Hall–Kier alpha value is -4.28. The van der Waals surface area contributed by atoms with Crippen LogP contribution in [0.15, 0.2) is 76.4 Å². The first-order valence-electron chi connectivity index (χ1n) is 10.8. The molecule has 37 heavy (non-hydrogen) atoms. The molecule has 2 aromatic heterocycles. The predicted molar refractivity (Wildman–Crippen MR) is 133 cm³/mol. The predicted octanol–water partition coefficient (Wildman–Crippen LogP) is 6.46. The Kier molecular flexibility index (Phi) is 5.25. The number of phenolic OH excluding ortho intramolecular Hbond substituents is 1. The summed E-state index contributed by atoms with van der Waals surface area (Å²) in [5.41, 5.74) is 0.571. The van der Waals surface area contributed by atoms with Gasteiger partial charge in [0.2, 0.25) is 5.78 Å². The summed E-state index contributed by atoms with van der Waals surface area (Å²) in [6.07, 6.45) is 0. The first-order valence-corrected chi connectivity index (χ1v) is 12.0. The summed E-state index contributed by atoms with van der Waals surface area (Å²) in [6.45, 7) is 0. The van der Waals surface area contributed by atoms with Crippen LogP contribution in [0, 0.1) is 11.6 Å². The van der Waals surface area contributed by atoms with E-state index in [1.165, 1.54) is 30.3 Å². The summed E-state index contributed by atoms with van der Waals surface area (Å²) in [4.78, 5) is 32.3. The molecule has 1 aliphatic rings. The number of furan rings is 1. The van der Waals surface area contributed by atoms with Crippen LogP contribution >= 0.6 is 22.9 Å². The largest absolute Gasteiger partial charge is 0.508 e. The second-order valence-corrected chi connectivity index (χ2v) is 9.73. The minimum Gasteiger partial charge on any atom is -0.508 e. The van der Waals surface area contributed by atoms with Gasteiger partial charge in [0.05, 0.1) is 21.8 Å². The number of carbonyl (C=O) groups excluding carboxylic acids is 2. The van der Waals surface area contributed by atoms with E-state index in [0.717, 1.165) is 28.4 Å². The third-order valence-electron chi connectivity index (χ3n) is 5.99. The number of nitrogens with zero attached hydrogens (tertiary/aromatic N) is 2. The molecule has 184 valence electrons. The molecule has 0 saturated carbocycles. The van der Waals surface area contributed by atoms with Gasteiger partial charge in [0.15, 0.2) is 28.3 Å². The van der Waals surface area contributed by atoms with Crippen molar-refractivity contribution in [3.63, 3.8) is 0 Å². The van der Waals surface area contributed by atoms with Crippen molar-refractivity contribution in [2.75, 3.05) is 4.90 Å². The molecular formula is C26H13ClF2N2O5S. The molecule has 3 heterocycles. The Morgan fingerprint density at radius 2 is 1.76 bits per heavy atom. The number of benzene rings is 3.